The van der Waals surface area contributed by atoms with E-state index in [2.05, 4.69) is 16.0 Å². The minimum atomic E-state index is -2.50. The van der Waals surface area contributed by atoms with Crippen LogP contribution in [0.15, 0.2) is 0 Å². The first kappa shape index (κ1) is 80.6. The molecule has 8 aliphatic rings. The highest BCUT2D eigenvalue weighted by Crippen LogP contribution is 2.38. The summed E-state index contributed by atoms with van der Waals surface area (Å²) in [6.07, 6.45) is -75.7. The van der Waals surface area contributed by atoms with Crippen LogP contribution in [0.2, 0.25) is 0 Å². The Bertz CT molecular complexity index is 2510. The van der Waals surface area contributed by atoms with Crippen molar-refractivity contribution in [2.45, 2.75) is 266 Å². The van der Waals surface area contributed by atoms with Gasteiger partial charge in [0.25, 0.3) is 0 Å². The molecule has 0 aromatic heterocycles. The van der Waals surface area contributed by atoms with Crippen molar-refractivity contribution < 1.29 is 203 Å². The van der Waals surface area contributed by atoms with Crippen LogP contribution in [0.3, 0.4) is 0 Å². The third-order valence-electron chi connectivity index (χ3n) is 17.8. The predicted octanol–water partition coefficient (Wildman–Crippen LogP) is -18.0. The molecule has 8 heterocycles. The van der Waals surface area contributed by atoms with E-state index < -0.39 is 316 Å². The normalized spacial score (nSPS) is 49.5. The average Bonchev–Trinajstić information content (AvgIpc) is 0.773. The summed E-state index contributed by atoms with van der Waals surface area (Å²) >= 11 is 0. The Morgan fingerprint density at radius 2 is 0.561 bits per heavy atom. The van der Waals surface area contributed by atoms with Gasteiger partial charge in [-0.15, -0.1) is 0 Å². The van der Waals surface area contributed by atoms with Crippen LogP contribution < -0.4 is 16.0 Å². The molecule has 568 valence electrons. The lowest BCUT2D eigenvalue weighted by atomic mass is 9.94. The molecule has 8 saturated heterocycles. The lowest BCUT2D eigenvalue weighted by Gasteiger charge is -2.51. The molecule has 98 heavy (non-hydrogen) atoms. The maximum Gasteiger partial charge on any atom is 0.217 e. The predicted molar refractivity (Wildman–Crippen MR) is 299 cm³/mol. The van der Waals surface area contributed by atoms with Crippen molar-refractivity contribution in [3.05, 3.63) is 0 Å². The second-order valence-electron chi connectivity index (χ2n) is 24.7. The fraction of sp³-hybridized carbons (Fsp3) is 0.944. The second-order valence-corrected chi connectivity index (χ2v) is 24.7. The van der Waals surface area contributed by atoms with E-state index in [0.717, 1.165) is 20.8 Å². The van der Waals surface area contributed by atoms with Crippen LogP contribution in [0.5, 0.6) is 0 Å². The highest BCUT2D eigenvalue weighted by atomic mass is 16.8. The minimum Gasteiger partial charge on any atom is -0.394 e. The van der Waals surface area contributed by atoms with Gasteiger partial charge in [-0.25, -0.2) is 0 Å². The zero-order chi connectivity index (χ0) is 72.2. The molecule has 0 aromatic rings. The number of aliphatic hydroxyl groups excluding tert-OH is 23. The van der Waals surface area contributed by atoms with E-state index in [1.807, 2.05) is 0 Å². The van der Waals surface area contributed by atoms with Gasteiger partial charge in [-0.05, 0) is 0 Å². The first-order chi connectivity index (χ1) is 46.3. The van der Waals surface area contributed by atoms with Gasteiger partial charge < -0.3 is 204 Å². The van der Waals surface area contributed by atoms with Gasteiger partial charge in [-0.1, -0.05) is 0 Å². The van der Waals surface area contributed by atoms with E-state index in [9.17, 15) is 132 Å². The molecule has 8 aliphatic heterocycles. The van der Waals surface area contributed by atoms with Crippen molar-refractivity contribution in [2.75, 3.05) is 52.9 Å². The lowest BCUT2D eigenvalue weighted by molar-refractivity contribution is -0.396. The van der Waals surface area contributed by atoms with Gasteiger partial charge in [0.1, 0.15) is 195 Å². The number of ether oxygens (including phenoxy) is 15. The molecule has 0 saturated carbocycles. The number of hydrogen-bond donors (Lipinski definition) is 26. The summed E-state index contributed by atoms with van der Waals surface area (Å²) < 4.78 is 87.4. The number of nitrogens with one attached hydrogen (secondary N) is 3. The number of amides is 3. The van der Waals surface area contributed by atoms with Gasteiger partial charge in [0.15, 0.2) is 50.3 Å². The highest BCUT2D eigenvalue weighted by molar-refractivity contribution is 5.74. The van der Waals surface area contributed by atoms with Crippen molar-refractivity contribution in [3.8, 4) is 0 Å². The zero-order valence-corrected chi connectivity index (χ0v) is 52.4. The molecule has 44 heteroatoms. The van der Waals surface area contributed by atoms with Crippen LogP contribution in [-0.4, -0.2) is 433 Å². The molecule has 40 atom stereocenters. The summed E-state index contributed by atoms with van der Waals surface area (Å²) in [5.74, 6) is -2.54. The summed E-state index contributed by atoms with van der Waals surface area (Å²) in [7, 11) is 0. The first-order valence-corrected chi connectivity index (χ1v) is 31.1. The second kappa shape index (κ2) is 35.1. The molecule has 0 aliphatic carbocycles. The summed E-state index contributed by atoms with van der Waals surface area (Å²) in [6, 6.07) is -5.26. The van der Waals surface area contributed by atoms with Gasteiger partial charge in [0, 0.05) is 20.8 Å². The molecule has 0 aromatic carbocycles. The van der Waals surface area contributed by atoms with E-state index in [0.29, 0.717) is 0 Å². The molecular formula is C54H91N3O41. The Hall–Kier alpha value is -3.11. The molecule has 44 nitrogen and oxygen atoms in total. The fourth-order valence-electron chi connectivity index (χ4n) is 12.5. The fourth-order valence-corrected chi connectivity index (χ4v) is 12.5. The van der Waals surface area contributed by atoms with Gasteiger partial charge in [0.2, 0.25) is 17.7 Å². The van der Waals surface area contributed by atoms with E-state index >= 15 is 0 Å². The van der Waals surface area contributed by atoms with Crippen LogP contribution in [0, 0.1) is 0 Å². The lowest BCUT2D eigenvalue weighted by Crippen LogP contribution is -2.70. The van der Waals surface area contributed by atoms with Gasteiger partial charge in [-0.2, -0.15) is 0 Å². The van der Waals surface area contributed by atoms with Gasteiger partial charge in [-0.3, -0.25) is 14.4 Å². The van der Waals surface area contributed by atoms with E-state index in [4.69, 9.17) is 71.1 Å². The number of carbonyl (C=O) groups is 3. The Kier molecular flexibility index (Phi) is 28.9. The van der Waals surface area contributed by atoms with Gasteiger partial charge in [0.05, 0.1) is 52.9 Å². The first-order valence-electron chi connectivity index (χ1n) is 31.1. The SMILES string of the molecule is CC(=O)N[C@@H]1[C@@H](O)[C@H](O[C@@H]2O[C@H](CO)[C@@H](O[C@@H]3O[C@H](CO[C@H]4O[C@H](CO[C@H]5O[C@H](CO)[C@@H](O)[C@H](O)[C@@H]5O)[C@@H](O)[C@H](O[C@H]5O[C@H](CO)[C@@H](O)[C@H](O)[C@@H]5O)[C@@H]4O)[C@@H](O)[C@H](O[C@H]4O[C@H](CO)[C@@H](O)[C@H](O)[C@@H]4O[C@@H]4O[C@H](CO)[C@@H](O)[C@H](O)[C@H]4NC(C)=O)[C@@H]3O)[C@H](O)[C@H]2NC(C)=O)[C@@H](CO)O[C@H]1O. The van der Waals surface area contributed by atoms with Crippen molar-refractivity contribution in [1.29, 1.82) is 0 Å². The largest absolute Gasteiger partial charge is 0.394 e. The van der Waals surface area contributed by atoms with Crippen LogP contribution in [0.25, 0.3) is 0 Å². The Morgan fingerprint density at radius 1 is 0.265 bits per heavy atom. The molecule has 0 unspecified atom stereocenters. The van der Waals surface area contributed by atoms with Crippen LogP contribution in [0.1, 0.15) is 20.8 Å². The standard InChI is InChI=1S/C54H91N3O41/c1-12(64)55-23-33(74)42(19(8-62)86-47(23)83)94-49-25(57-14(3)66)34(75)43(20(9-63)91-49)95-53-41(82)45(97-54-46(37(78)29(70)18(7-61)90-54)98-48-24(56-13(2)65)32(73)26(67)15(4-58)87-48)31(72)22(93-53)11-85-51-40(81)44(96-52-39(80)36(77)28(69)17(6-60)89-52)30(71)21(92-51)10-84-50-38(79)35(76)27(68)16(5-59)88-50/h15-54,58-63,67-83H,4-11H2,1-3H3,(H,55,64)(H,56,65)(H,57,66)/t15-,16-,17-,18-,19-,20-,21-,22-,23-,24-,25-,26-,27-,28-,29-,30-,31-,32-,33-,34-,35+,36+,37+,38+,39+,40+,41+,42-,43-,44+,45+,46+,47-,48+,49+,50+,51+,52-,53+,54-/m1/s1. The third kappa shape index (κ3) is 17.6. The van der Waals surface area contributed by atoms with Crippen molar-refractivity contribution in [1.82, 2.24) is 16.0 Å². The van der Waals surface area contributed by atoms with Crippen LogP contribution in [-0.2, 0) is 85.4 Å². The molecule has 8 rings (SSSR count). The monoisotopic (exact) mass is 1440 g/mol. The average molecular weight is 1440 g/mol. The maximum atomic E-state index is 12.9. The number of rotatable bonds is 25. The van der Waals surface area contributed by atoms with Crippen molar-refractivity contribution >= 4 is 17.7 Å². The van der Waals surface area contributed by atoms with Crippen molar-refractivity contribution in [3.63, 3.8) is 0 Å². The number of carbonyl (C=O) groups excluding carboxylic acids is 3. The molecule has 3 amide bonds. The topological polar surface area (TPSA) is 691 Å². The Labute approximate surface area is 554 Å². The number of aliphatic hydroxyl groups is 23. The van der Waals surface area contributed by atoms with E-state index in [1.165, 1.54) is 0 Å². The quantitative estimate of drug-likeness (QED) is 0.0404. The molecule has 8 fully saturated rings. The van der Waals surface area contributed by atoms with E-state index in [1.54, 1.807) is 0 Å². The van der Waals surface area contributed by atoms with Gasteiger partial charge >= 0.3 is 0 Å². The van der Waals surface area contributed by atoms with Crippen LogP contribution >= 0.6 is 0 Å². The molecule has 0 radical (unpaired) electrons. The summed E-state index contributed by atoms with van der Waals surface area (Å²) in [4.78, 5) is 37.4. The summed E-state index contributed by atoms with van der Waals surface area (Å²) in [5, 5.41) is 259. The Morgan fingerprint density at radius 3 is 1.04 bits per heavy atom. The summed E-state index contributed by atoms with van der Waals surface area (Å²) in [6.45, 7) is -5.32. The molecule has 0 bridgehead atoms. The van der Waals surface area contributed by atoms with Crippen molar-refractivity contribution in [2.24, 2.45) is 0 Å². The maximum absolute atomic E-state index is 12.9. The Balaban J connectivity index is 1.14. The minimum absolute atomic E-state index is 0.769. The third-order valence-corrected chi connectivity index (χ3v) is 17.8. The number of hydrogen-bond acceptors (Lipinski definition) is 41. The smallest absolute Gasteiger partial charge is 0.217 e. The molecular weight excluding hydrogens is 1350 g/mol. The van der Waals surface area contributed by atoms with Crippen LogP contribution in [0.4, 0.5) is 0 Å². The zero-order valence-electron chi connectivity index (χ0n) is 52.4. The van der Waals surface area contributed by atoms with E-state index in [-0.39, 0.29) is 0 Å². The summed E-state index contributed by atoms with van der Waals surface area (Å²) in [5.41, 5.74) is 0. The highest BCUT2D eigenvalue weighted by Gasteiger charge is 2.59. The molecule has 0 spiro atoms. The molecule has 26 N–H and O–H groups in total.